The molecule has 0 bridgehead atoms. The summed E-state index contributed by atoms with van der Waals surface area (Å²) in [6.07, 6.45) is 8.55. The SMILES string of the molecule is CCCCCCCC(CNC)C1CCS(=O)(=O)C1. The molecule has 0 aromatic rings. The molecule has 0 radical (unpaired) electrons. The van der Waals surface area contributed by atoms with Gasteiger partial charge in [-0.15, -0.1) is 0 Å². The normalized spacial score (nSPS) is 24.2. The molecule has 3 nitrogen and oxygen atoms in total. The van der Waals surface area contributed by atoms with Gasteiger partial charge in [-0.1, -0.05) is 39.0 Å². The van der Waals surface area contributed by atoms with Crippen LogP contribution in [-0.4, -0.2) is 33.5 Å². The van der Waals surface area contributed by atoms with E-state index in [1.807, 2.05) is 7.05 Å². The fourth-order valence-corrected chi connectivity index (χ4v) is 4.89. The summed E-state index contributed by atoms with van der Waals surface area (Å²) in [5, 5.41) is 3.23. The molecule has 1 fully saturated rings. The van der Waals surface area contributed by atoms with Crippen molar-refractivity contribution < 1.29 is 8.42 Å². The highest BCUT2D eigenvalue weighted by molar-refractivity contribution is 7.91. The van der Waals surface area contributed by atoms with E-state index >= 15 is 0 Å². The van der Waals surface area contributed by atoms with Crippen LogP contribution in [0.2, 0.25) is 0 Å². The molecule has 1 aliphatic heterocycles. The molecule has 4 heteroatoms. The van der Waals surface area contributed by atoms with Crippen molar-refractivity contribution in [3.63, 3.8) is 0 Å². The van der Waals surface area contributed by atoms with Crippen molar-refractivity contribution in [1.29, 1.82) is 0 Å². The van der Waals surface area contributed by atoms with Crippen LogP contribution in [0.1, 0.15) is 51.9 Å². The first-order valence-electron chi connectivity index (χ1n) is 7.44. The van der Waals surface area contributed by atoms with Gasteiger partial charge >= 0.3 is 0 Å². The maximum Gasteiger partial charge on any atom is 0.150 e. The molecule has 1 heterocycles. The maximum absolute atomic E-state index is 11.5. The molecule has 18 heavy (non-hydrogen) atoms. The predicted octanol–water partition coefficient (Wildman–Crippen LogP) is 2.62. The Hall–Kier alpha value is -0.0900. The van der Waals surface area contributed by atoms with Gasteiger partial charge in [-0.3, -0.25) is 0 Å². The van der Waals surface area contributed by atoms with Gasteiger partial charge in [0.15, 0.2) is 9.84 Å². The van der Waals surface area contributed by atoms with Gasteiger partial charge in [0.25, 0.3) is 0 Å². The van der Waals surface area contributed by atoms with Gasteiger partial charge in [-0.2, -0.15) is 0 Å². The van der Waals surface area contributed by atoms with Crippen molar-refractivity contribution in [2.45, 2.75) is 51.9 Å². The van der Waals surface area contributed by atoms with Gasteiger partial charge in [-0.05, 0) is 38.3 Å². The number of hydrogen-bond donors (Lipinski definition) is 1. The highest BCUT2D eigenvalue weighted by Crippen LogP contribution is 2.29. The molecule has 1 saturated heterocycles. The standard InChI is InChI=1S/C14H29NO2S/c1-3-4-5-6-7-8-13(11-15-2)14-9-10-18(16,17)12-14/h13-15H,3-12H2,1-2H3. The molecule has 1 N–H and O–H groups in total. The minimum absolute atomic E-state index is 0.397. The van der Waals surface area contributed by atoms with Gasteiger partial charge in [0.1, 0.15) is 0 Å². The van der Waals surface area contributed by atoms with E-state index in [0.717, 1.165) is 13.0 Å². The first kappa shape index (κ1) is 16.0. The Bertz CT molecular complexity index is 314. The van der Waals surface area contributed by atoms with Crippen molar-refractivity contribution in [2.75, 3.05) is 25.1 Å². The fourth-order valence-electron chi connectivity index (χ4n) is 2.97. The van der Waals surface area contributed by atoms with Gasteiger partial charge in [0.05, 0.1) is 11.5 Å². The van der Waals surface area contributed by atoms with Crippen molar-refractivity contribution >= 4 is 9.84 Å². The molecule has 0 aromatic carbocycles. The minimum Gasteiger partial charge on any atom is -0.319 e. The summed E-state index contributed by atoms with van der Waals surface area (Å²) in [6.45, 7) is 3.20. The molecule has 1 rings (SSSR count). The summed E-state index contributed by atoms with van der Waals surface area (Å²) in [6, 6.07) is 0. The van der Waals surface area contributed by atoms with E-state index in [0.29, 0.717) is 23.3 Å². The lowest BCUT2D eigenvalue weighted by Crippen LogP contribution is -2.26. The van der Waals surface area contributed by atoms with Crippen LogP contribution in [0.15, 0.2) is 0 Å². The third kappa shape index (κ3) is 5.70. The molecule has 0 spiro atoms. The highest BCUT2D eigenvalue weighted by Gasteiger charge is 2.32. The zero-order valence-electron chi connectivity index (χ0n) is 12.0. The Morgan fingerprint density at radius 3 is 2.50 bits per heavy atom. The van der Waals surface area contributed by atoms with E-state index in [9.17, 15) is 8.42 Å². The maximum atomic E-state index is 11.5. The topological polar surface area (TPSA) is 46.2 Å². The second kappa shape index (κ2) is 8.16. The molecule has 2 atom stereocenters. The van der Waals surface area contributed by atoms with Crippen LogP contribution >= 0.6 is 0 Å². The summed E-state index contributed by atoms with van der Waals surface area (Å²) >= 11 is 0. The van der Waals surface area contributed by atoms with Gasteiger partial charge in [0, 0.05) is 0 Å². The quantitative estimate of drug-likeness (QED) is 0.658. The van der Waals surface area contributed by atoms with Gasteiger partial charge in [0.2, 0.25) is 0 Å². The summed E-state index contributed by atoms with van der Waals surface area (Å²) < 4.78 is 23.1. The van der Waals surface area contributed by atoms with E-state index in [4.69, 9.17) is 0 Å². The lowest BCUT2D eigenvalue weighted by molar-refractivity contribution is 0.321. The summed E-state index contributed by atoms with van der Waals surface area (Å²) in [5.41, 5.74) is 0. The average Bonchev–Trinajstić information content (AvgIpc) is 2.68. The van der Waals surface area contributed by atoms with E-state index in [2.05, 4.69) is 12.2 Å². The highest BCUT2D eigenvalue weighted by atomic mass is 32.2. The second-order valence-corrected chi connectivity index (χ2v) is 7.91. The number of hydrogen-bond acceptors (Lipinski definition) is 3. The smallest absolute Gasteiger partial charge is 0.150 e. The molecular weight excluding hydrogens is 246 g/mol. The Balaban J connectivity index is 2.31. The Morgan fingerprint density at radius 1 is 1.22 bits per heavy atom. The van der Waals surface area contributed by atoms with Crippen LogP contribution in [0.5, 0.6) is 0 Å². The van der Waals surface area contributed by atoms with E-state index in [1.165, 1.54) is 38.5 Å². The number of unbranched alkanes of at least 4 members (excludes halogenated alkanes) is 4. The average molecular weight is 275 g/mol. The second-order valence-electron chi connectivity index (χ2n) is 5.68. The van der Waals surface area contributed by atoms with Crippen molar-refractivity contribution in [2.24, 2.45) is 11.8 Å². The molecular formula is C14H29NO2S. The molecule has 0 aromatic heterocycles. The van der Waals surface area contributed by atoms with Crippen LogP contribution < -0.4 is 5.32 Å². The fraction of sp³-hybridized carbons (Fsp3) is 1.00. The predicted molar refractivity (Wildman–Crippen MR) is 77.6 cm³/mol. The van der Waals surface area contributed by atoms with Gasteiger partial charge in [-0.25, -0.2) is 8.42 Å². The minimum atomic E-state index is -2.73. The van der Waals surface area contributed by atoms with Gasteiger partial charge < -0.3 is 5.32 Å². The monoisotopic (exact) mass is 275 g/mol. The summed E-state index contributed by atoms with van der Waals surface area (Å²) in [7, 11) is -0.760. The Morgan fingerprint density at radius 2 is 1.94 bits per heavy atom. The van der Waals surface area contributed by atoms with Crippen LogP contribution in [0.3, 0.4) is 0 Å². The van der Waals surface area contributed by atoms with E-state index in [-0.39, 0.29) is 0 Å². The van der Waals surface area contributed by atoms with Crippen LogP contribution in [0, 0.1) is 11.8 Å². The molecule has 108 valence electrons. The number of rotatable bonds is 9. The molecule has 0 aliphatic carbocycles. The largest absolute Gasteiger partial charge is 0.319 e. The lowest BCUT2D eigenvalue weighted by atomic mass is 9.87. The molecule has 1 aliphatic rings. The van der Waals surface area contributed by atoms with Crippen molar-refractivity contribution in [3.8, 4) is 0 Å². The van der Waals surface area contributed by atoms with Crippen LogP contribution in [0.4, 0.5) is 0 Å². The number of nitrogens with one attached hydrogen (secondary N) is 1. The lowest BCUT2D eigenvalue weighted by Gasteiger charge is -2.22. The molecule has 0 saturated carbocycles. The molecule has 0 amide bonds. The Labute approximate surface area is 113 Å². The van der Waals surface area contributed by atoms with Crippen LogP contribution in [-0.2, 0) is 9.84 Å². The van der Waals surface area contributed by atoms with E-state index < -0.39 is 9.84 Å². The summed E-state index contributed by atoms with van der Waals surface area (Å²) in [5.74, 6) is 1.78. The number of sulfone groups is 1. The molecule has 2 unspecified atom stereocenters. The third-order valence-electron chi connectivity index (χ3n) is 4.08. The first-order valence-corrected chi connectivity index (χ1v) is 9.26. The van der Waals surface area contributed by atoms with Crippen molar-refractivity contribution in [3.05, 3.63) is 0 Å². The first-order chi connectivity index (χ1) is 8.59. The Kier molecular flexibility index (Phi) is 7.23. The zero-order chi connectivity index (χ0) is 13.4. The van der Waals surface area contributed by atoms with E-state index in [1.54, 1.807) is 0 Å². The third-order valence-corrected chi connectivity index (χ3v) is 5.87. The van der Waals surface area contributed by atoms with Crippen molar-refractivity contribution in [1.82, 2.24) is 5.32 Å². The summed E-state index contributed by atoms with van der Waals surface area (Å²) in [4.78, 5) is 0. The van der Waals surface area contributed by atoms with Crippen LogP contribution in [0.25, 0.3) is 0 Å². The zero-order valence-corrected chi connectivity index (χ0v) is 12.8.